The minimum Gasteiger partial charge on any atom is -0.481 e. The molecule has 116 valence electrons. The number of rotatable bonds is 6. The van der Waals surface area contributed by atoms with Crippen molar-refractivity contribution < 1.29 is 9.90 Å². The number of carbonyl (C=O) groups is 1. The van der Waals surface area contributed by atoms with E-state index in [0.29, 0.717) is 6.42 Å². The minimum atomic E-state index is -0.628. The van der Waals surface area contributed by atoms with Crippen molar-refractivity contribution in [3.63, 3.8) is 0 Å². The van der Waals surface area contributed by atoms with Gasteiger partial charge in [-0.2, -0.15) is 0 Å². The van der Waals surface area contributed by atoms with Gasteiger partial charge in [-0.05, 0) is 38.8 Å². The summed E-state index contributed by atoms with van der Waals surface area (Å²) in [7, 11) is 2.16. The molecule has 2 fully saturated rings. The molecule has 0 amide bonds. The molecule has 2 aliphatic rings. The normalized spacial score (nSPS) is 23.9. The van der Waals surface area contributed by atoms with Crippen molar-refractivity contribution in [1.29, 1.82) is 0 Å². The van der Waals surface area contributed by atoms with Crippen LogP contribution in [0.4, 0.5) is 0 Å². The van der Waals surface area contributed by atoms with Crippen molar-refractivity contribution >= 4 is 5.97 Å². The maximum atomic E-state index is 11.3. The van der Waals surface area contributed by atoms with Crippen LogP contribution in [0.1, 0.15) is 77.0 Å². The first-order chi connectivity index (χ1) is 9.62. The second kappa shape index (κ2) is 7.44. The number of hydrogen-bond acceptors (Lipinski definition) is 2. The highest BCUT2D eigenvalue weighted by Gasteiger charge is 2.38. The van der Waals surface area contributed by atoms with Crippen LogP contribution in [0.25, 0.3) is 0 Å². The van der Waals surface area contributed by atoms with Crippen LogP contribution in [0, 0.1) is 5.92 Å². The monoisotopic (exact) mass is 281 g/mol. The predicted octanol–water partition coefficient (Wildman–Crippen LogP) is 4.07. The van der Waals surface area contributed by atoms with Gasteiger partial charge >= 0.3 is 5.97 Å². The van der Waals surface area contributed by atoms with Gasteiger partial charge in [0.15, 0.2) is 0 Å². The molecule has 0 bridgehead atoms. The highest BCUT2D eigenvalue weighted by atomic mass is 16.4. The fourth-order valence-electron chi connectivity index (χ4n) is 4.27. The standard InChI is InChI=1S/C17H31NO2/c1-18(13-10-15-8-4-2-5-9-15)17(14-16(19)20)11-6-3-7-12-17/h15H,2-14H2,1H3,(H,19,20). The van der Waals surface area contributed by atoms with Crippen LogP contribution < -0.4 is 0 Å². The molecule has 0 aromatic rings. The SMILES string of the molecule is CN(CCC1CCCCC1)C1(CC(=O)O)CCCCC1. The third-order valence-electron chi connectivity index (χ3n) is 5.67. The summed E-state index contributed by atoms with van der Waals surface area (Å²) < 4.78 is 0. The zero-order valence-corrected chi connectivity index (χ0v) is 13.1. The van der Waals surface area contributed by atoms with Gasteiger partial charge in [-0.3, -0.25) is 4.79 Å². The van der Waals surface area contributed by atoms with Crippen LogP contribution in [0.3, 0.4) is 0 Å². The maximum absolute atomic E-state index is 11.3. The Balaban J connectivity index is 1.88. The molecule has 0 atom stereocenters. The lowest BCUT2D eigenvalue weighted by molar-refractivity contribution is -0.141. The van der Waals surface area contributed by atoms with E-state index < -0.39 is 5.97 Å². The van der Waals surface area contributed by atoms with E-state index in [1.165, 1.54) is 57.8 Å². The molecule has 3 nitrogen and oxygen atoms in total. The van der Waals surface area contributed by atoms with Gasteiger partial charge in [0.1, 0.15) is 0 Å². The Morgan fingerprint density at radius 3 is 2.30 bits per heavy atom. The van der Waals surface area contributed by atoms with Crippen LogP contribution in [0.2, 0.25) is 0 Å². The van der Waals surface area contributed by atoms with Crippen LogP contribution in [-0.4, -0.2) is 35.1 Å². The number of nitrogens with zero attached hydrogens (tertiary/aromatic N) is 1. The largest absolute Gasteiger partial charge is 0.481 e. The first kappa shape index (κ1) is 15.8. The summed E-state index contributed by atoms with van der Waals surface area (Å²) in [6, 6.07) is 0. The fourth-order valence-corrected chi connectivity index (χ4v) is 4.27. The molecule has 3 heteroatoms. The molecular formula is C17H31NO2. The second-order valence-corrected chi connectivity index (χ2v) is 7.07. The summed E-state index contributed by atoms with van der Waals surface area (Å²) in [5, 5.41) is 9.27. The van der Waals surface area contributed by atoms with E-state index in [-0.39, 0.29) is 5.54 Å². The van der Waals surface area contributed by atoms with Crippen molar-refractivity contribution in [1.82, 2.24) is 4.90 Å². The Hall–Kier alpha value is -0.570. The number of carboxylic acid groups (broad SMARTS) is 1. The highest BCUT2D eigenvalue weighted by Crippen LogP contribution is 2.36. The third kappa shape index (κ3) is 4.21. The summed E-state index contributed by atoms with van der Waals surface area (Å²) >= 11 is 0. The van der Waals surface area contributed by atoms with Crippen molar-refractivity contribution in [3.05, 3.63) is 0 Å². The zero-order valence-electron chi connectivity index (χ0n) is 13.1. The molecule has 1 N–H and O–H groups in total. The molecule has 0 radical (unpaired) electrons. The summed E-state index contributed by atoms with van der Waals surface area (Å²) in [4.78, 5) is 13.7. The molecule has 0 aromatic carbocycles. The molecule has 0 aliphatic heterocycles. The van der Waals surface area contributed by atoms with Gasteiger partial charge in [0.25, 0.3) is 0 Å². The third-order valence-corrected chi connectivity index (χ3v) is 5.67. The second-order valence-electron chi connectivity index (χ2n) is 7.07. The van der Waals surface area contributed by atoms with Gasteiger partial charge in [-0.15, -0.1) is 0 Å². The molecular weight excluding hydrogens is 250 g/mol. The van der Waals surface area contributed by atoms with E-state index in [2.05, 4.69) is 11.9 Å². The quantitative estimate of drug-likeness (QED) is 0.798. The molecule has 2 rings (SSSR count). The van der Waals surface area contributed by atoms with Gasteiger partial charge in [-0.25, -0.2) is 0 Å². The average molecular weight is 281 g/mol. The van der Waals surface area contributed by atoms with Crippen LogP contribution in [-0.2, 0) is 4.79 Å². The van der Waals surface area contributed by atoms with Gasteiger partial charge < -0.3 is 10.0 Å². The molecule has 0 heterocycles. The smallest absolute Gasteiger partial charge is 0.305 e. The van der Waals surface area contributed by atoms with Crippen molar-refractivity contribution in [2.75, 3.05) is 13.6 Å². The first-order valence-electron chi connectivity index (χ1n) is 8.55. The molecule has 0 aromatic heterocycles. The lowest BCUT2D eigenvalue weighted by Gasteiger charge is -2.44. The maximum Gasteiger partial charge on any atom is 0.305 e. The Morgan fingerprint density at radius 2 is 1.70 bits per heavy atom. The fraction of sp³-hybridized carbons (Fsp3) is 0.941. The van der Waals surface area contributed by atoms with Crippen molar-refractivity contribution in [2.45, 2.75) is 82.6 Å². The molecule has 20 heavy (non-hydrogen) atoms. The zero-order chi connectivity index (χ0) is 14.4. The van der Waals surface area contributed by atoms with Gasteiger partial charge in [-0.1, -0.05) is 51.4 Å². The van der Waals surface area contributed by atoms with Crippen molar-refractivity contribution in [3.8, 4) is 0 Å². The van der Waals surface area contributed by atoms with E-state index in [4.69, 9.17) is 0 Å². The average Bonchev–Trinajstić information content (AvgIpc) is 2.46. The lowest BCUT2D eigenvalue weighted by atomic mass is 9.77. The van der Waals surface area contributed by atoms with Crippen LogP contribution in [0.15, 0.2) is 0 Å². The Kier molecular flexibility index (Phi) is 5.88. The van der Waals surface area contributed by atoms with E-state index >= 15 is 0 Å². The van der Waals surface area contributed by atoms with Gasteiger partial charge in [0.05, 0.1) is 6.42 Å². The Bertz CT molecular complexity index is 304. The lowest BCUT2D eigenvalue weighted by Crippen LogP contribution is -2.50. The van der Waals surface area contributed by atoms with E-state index in [0.717, 1.165) is 25.3 Å². The minimum absolute atomic E-state index is 0.0568. The van der Waals surface area contributed by atoms with E-state index in [1.807, 2.05) is 0 Å². The van der Waals surface area contributed by atoms with Gasteiger partial charge in [0, 0.05) is 5.54 Å². The van der Waals surface area contributed by atoms with Crippen LogP contribution >= 0.6 is 0 Å². The Morgan fingerprint density at radius 1 is 1.10 bits per heavy atom. The van der Waals surface area contributed by atoms with E-state index in [1.54, 1.807) is 0 Å². The molecule has 0 unspecified atom stereocenters. The number of hydrogen-bond donors (Lipinski definition) is 1. The van der Waals surface area contributed by atoms with E-state index in [9.17, 15) is 9.90 Å². The summed E-state index contributed by atoms with van der Waals surface area (Å²) in [5.41, 5.74) is -0.0568. The number of aliphatic carboxylic acids is 1. The summed E-state index contributed by atoms with van der Waals surface area (Å²) in [6.07, 6.45) is 14.4. The predicted molar refractivity (Wildman–Crippen MR) is 81.9 cm³/mol. The van der Waals surface area contributed by atoms with Gasteiger partial charge in [0.2, 0.25) is 0 Å². The highest BCUT2D eigenvalue weighted by molar-refractivity contribution is 5.68. The molecule has 2 aliphatic carbocycles. The molecule has 2 saturated carbocycles. The topological polar surface area (TPSA) is 40.5 Å². The summed E-state index contributed by atoms with van der Waals surface area (Å²) in [6.45, 7) is 1.08. The summed E-state index contributed by atoms with van der Waals surface area (Å²) in [5.74, 6) is 0.257. The molecule has 0 spiro atoms. The van der Waals surface area contributed by atoms with Crippen molar-refractivity contribution in [2.24, 2.45) is 5.92 Å². The molecule has 0 saturated heterocycles. The van der Waals surface area contributed by atoms with Crippen LogP contribution in [0.5, 0.6) is 0 Å². The first-order valence-corrected chi connectivity index (χ1v) is 8.55. The Labute approximate surface area is 123 Å². The number of carboxylic acids is 1.